The summed E-state index contributed by atoms with van der Waals surface area (Å²) in [6, 6.07) is 9.38. The van der Waals surface area contributed by atoms with Crippen molar-refractivity contribution in [1.82, 2.24) is 9.55 Å². The Morgan fingerprint density at radius 2 is 2.03 bits per heavy atom. The lowest BCUT2D eigenvalue weighted by atomic mass is 10.1. The number of halogens is 4. The van der Waals surface area contributed by atoms with Gasteiger partial charge >= 0.3 is 6.18 Å². The Bertz CT molecular complexity index is 943. The zero-order valence-corrected chi connectivity index (χ0v) is 15.4. The smallest absolute Gasteiger partial charge is 0.415 e. The molecule has 0 saturated carbocycles. The number of fused-ring (bicyclic) bond motifs is 1. The normalized spacial score (nSPS) is 16.8. The van der Waals surface area contributed by atoms with Gasteiger partial charge < -0.3 is 9.30 Å². The van der Waals surface area contributed by atoms with Gasteiger partial charge in [0.15, 0.2) is 0 Å². The summed E-state index contributed by atoms with van der Waals surface area (Å²) in [5, 5.41) is 0. The van der Waals surface area contributed by atoms with Gasteiger partial charge in [0.05, 0.1) is 11.3 Å². The molecule has 1 aliphatic heterocycles. The second-order valence-electron chi connectivity index (χ2n) is 6.51. The highest BCUT2D eigenvalue weighted by molar-refractivity contribution is 5.65. The molecule has 1 atom stereocenters. The third-order valence-electron chi connectivity index (χ3n) is 4.16. The summed E-state index contributed by atoms with van der Waals surface area (Å²) in [5.74, 6) is 0.288. The molecule has 0 radical (unpaired) electrons. The monoisotopic (exact) mass is 405 g/mol. The van der Waals surface area contributed by atoms with Gasteiger partial charge in [-0.05, 0) is 30.7 Å². The molecule has 152 valence electrons. The first-order valence-corrected chi connectivity index (χ1v) is 8.89. The van der Waals surface area contributed by atoms with Crippen LogP contribution in [0.15, 0.2) is 77.7 Å². The van der Waals surface area contributed by atoms with Crippen LogP contribution in [-0.2, 0) is 13.2 Å². The molecule has 1 aromatic heterocycles. The Morgan fingerprint density at radius 3 is 2.76 bits per heavy atom. The number of benzene rings is 1. The molecule has 0 aliphatic carbocycles. The highest BCUT2D eigenvalue weighted by Gasteiger charge is 2.30. The van der Waals surface area contributed by atoms with Crippen molar-refractivity contribution in [2.45, 2.75) is 25.7 Å². The van der Waals surface area contributed by atoms with Crippen molar-refractivity contribution >= 4 is 12.2 Å². The fourth-order valence-corrected chi connectivity index (χ4v) is 2.70. The standard InChI is InChI=1S/C21H19F4N3O/c1-15(21(23,24)25)10-17(22)7-5-6-16-11-26-20-27-18(13-28(20)12-16)14-29-19-8-3-2-4-9-19/h2-5,7-11,13,16H,1,6,12,14H2/b7-5-,17-10+. The van der Waals surface area contributed by atoms with Crippen molar-refractivity contribution in [1.29, 1.82) is 0 Å². The predicted octanol–water partition coefficient (Wildman–Crippen LogP) is 5.71. The van der Waals surface area contributed by atoms with Crippen LogP contribution in [0.2, 0.25) is 0 Å². The van der Waals surface area contributed by atoms with Crippen molar-refractivity contribution in [2.75, 3.05) is 0 Å². The number of aromatic nitrogens is 2. The molecular formula is C21H19F4N3O. The summed E-state index contributed by atoms with van der Waals surface area (Å²) in [6.07, 6.45) is 2.21. The van der Waals surface area contributed by atoms with Gasteiger partial charge in [0.1, 0.15) is 18.2 Å². The molecule has 4 nitrogen and oxygen atoms in total. The van der Waals surface area contributed by atoms with Gasteiger partial charge in [-0.15, -0.1) is 0 Å². The van der Waals surface area contributed by atoms with Gasteiger partial charge in [0.2, 0.25) is 5.95 Å². The van der Waals surface area contributed by atoms with E-state index in [2.05, 4.69) is 16.6 Å². The van der Waals surface area contributed by atoms with Crippen LogP contribution in [0.25, 0.3) is 0 Å². The second-order valence-corrected chi connectivity index (χ2v) is 6.51. The quantitative estimate of drug-likeness (QED) is 0.437. The van der Waals surface area contributed by atoms with E-state index in [1.165, 1.54) is 6.08 Å². The zero-order chi connectivity index (χ0) is 20.9. The molecule has 2 heterocycles. The van der Waals surface area contributed by atoms with Gasteiger partial charge in [-0.25, -0.2) is 14.4 Å². The Morgan fingerprint density at radius 1 is 1.28 bits per heavy atom. The number of imidazole rings is 1. The van der Waals surface area contributed by atoms with E-state index < -0.39 is 17.6 Å². The number of nitrogens with zero attached hydrogens (tertiary/aromatic N) is 3. The van der Waals surface area contributed by atoms with Gasteiger partial charge in [-0.2, -0.15) is 13.2 Å². The summed E-state index contributed by atoms with van der Waals surface area (Å²) in [4.78, 5) is 8.70. The molecule has 0 saturated heterocycles. The number of allylic oxidation sites excluding steroid dienone is 5. The third-order valence-corrected chi connectivity index (χ3v) is 4.16. The van der Waals surface area contributed by atoms with Crippen LogP contribution in [0.4, 0.5) is 23.5 Å². The van der Waals surface area contributed by atoms with E-state index in [0.717, 1.165) is 17.5 Å². The topological polar surface area (TPSA) is 39.4 Å². The number of hydrogen-bond donors (Lipinski definition) is 0. The molecule has 1 unspecified atom stereocenters. The minimum Gasteiger partial charge on any atom is -0.487 e. The highest BCUT2D eigenvalue weighted by Crippen LogP contribution is 2.26. The van der Waals surface area contributed by atoms with Crippen LogP contribution in [0.1, 0.15) is 12.1 Å². The second kappa shape index (κ2) is 8.89. The number of rotatable bonds is 7. The molecule has 2 aromatic rings. The predicted molar refractivity (Wildman–Crippen MR) is 103 cm³/mol. The van der Waals surface area contributed by atoms with E-state index >= 15 is 0 Å². The lowest BCUT2D eigenvalue weighted by Gasteiger charge is -2.15. The van der Waals surface area contributed by atoms with E-state index in [-0.39, 0.29) is 5.92 Å². The maximum atomic E-state index is 13.6. The minimum atomic E-state index is -4.64. The van der Waals surface area contributed by atoms with Gasteiger partial charge in [-0.3, -0.25) is 0 Å². The summed E-state index contributed by atoms with van der Waals surface area (Å²) in [7, 11) is 0. The minimum absolute atomic E-state index is 0.0190. The van der Waals surface area contributed by atoms with Crippen LogP contribution >= 0.6 is 0 Å². The highest BCUT2D eigenvalue weighted by atomic mass is 19.4. The first kappa shape index (κ1) is 20.6. The average Bonchev–Trinajstić information content (AvgIpc) is 3.08. The molecule has 1 aliphatic rings. The Labute approximate surface area is 165 Å². The van der Waals surface area contributed by atoms with Crippen LogP contribution < -0.4 is 4.74 Å². The molecule has 3 rings (SSSR count). The zero-order valence-electron chi connectivity index (χ0n) is 15.4. The number of aliphatic imine (C=N–C) groups is 1. The van der Waals surface area contributed by atoms with Crippen LogP contribution in [0.3, 0.4) is 0 Å². The lowest BCUT2D eigenvalue weighted by Crippen LogP contribution is -2.14. The van der Waals surface area contributed by atoms with Gasteiger partial charge in [0, 0.05) is 24.9 Å². The fourth-order valence-electron chi connectivity index (χ4n) is 2.70. The number of para-hydroxylation sites is 1. The molecule has 1 aromatic carbocycles. The maximum absolute atomic E-state index is 13.6. The van der Waals surface area contributed by atoms with Crippen LogP contribution in [0.5, 0.6) is 5.75 Å². The van der Waals surface area contributed by atoms with E-state index in [9.17, 15) is 17.6 Å². The number of ether oxygens (including phenoxy) is 1. The number of hydrogen-bond acceptors (Lipinski definition) is 3. The van der Waals surface area contributed by atoms with E-state index in [0.29, 0.717) is 31.6 Å². The Balaban J connectivity index is 1.53. The first-order chi connectivity index (χ1) is 13.8. The lowest BCUT2D eigenvalue weighted by molar-refractivity contribution is -0.0879. The van der Waals surface area contributed by atoms with Gasteiger partial charge in [0.25, 0.3) is 0 Å². The number of alkyl halides is 3. The van der Waals surface area contributed by atoms with Crippen molar-refractivity contribution < 1.29 is 22.3 Å². The van der Waals surface area contributed by atoms with Gasteiger partial charge in [-0.1, -0.05) is 30.9 Å². The van der Waals surface area contributed by atoms with E-state index in [4.69, 9.17) is 4.74 Å². The third kappa shape index (κ3) is 5.91. The Hall–Kier alpha value is -3.16. The first-order valence-electron chi connectivity index (χ1n) is 8.89. The Kier molecular flexibility index (Phi) is 6.31. The molecule has 0 bridgehead atoms. The van der Waals surface area contributed by atoms with Crippen LogP contribution in [-0.4, -0.2) is 21.9 Å². The average molecular weight is 405 g/mol. The van der Waals surface area contributed by atoms with Crippen LogP contribution in [0, 0.1) is 5.92 Å². The molecule has 0 N–H and O–H groups in total. The maximum Gasteiger partial charge on any atom is 0.415 e. The largest absolute Gasteiger partial charge is 0.487 e. The molecule has 8 heteroatoms. The van der Waals surface area contributed by atoms with Crippen molar-refractivity contribution in [2.24, 2.45) is 10.9 Å². The van der Waals surface area contributed by atoms with E-state index in [1.54, 1.807) is 6.21 Å². The SMILES string of the molecule is C=C(/C=C(F)\C=C/CC1C=Nc2nc(COc3ccccc3)cn2C1)C(F)(F)F. The molecule has 0 fully saturated rings. The molecular weight excluding hydrogens is 386 g/mol. The summed E-state index contributed by atoms with van der Waals surface area (Å²) >= 11 is 0. The van der Waals surface area contributed by atoms with E-state index in [1.807, 2.05) is 41.1 Å². The fraction of sp³-hybridized carbons (Fsp3) is 0.238. The van der Waals surface area contributed by atoms with Crippen molar-refractivity contribution in [3.8, 4) is 5.75 Å². The molecule has 0 amide bonds. The van der Waals surface area contributed by atoms with Crippen molar-refractivity contribution in [3.05, 3.63) is 78.4 Å². The van der Waals surface area contributed by atoms with Crippen molar-refractivity contribution in [3.63, 3.8) is 0 Å². The molecule has 29 heavy (non-hydrogen) atoms. The summed E-state index contributed by atoms with van der Waals surface area (Å²) in [6.45, 7) is 3.70. The molecule has 0 spiro atoms. The summed E-state index contributed by atoms with van der Waals surface area (Å²) in [5.41, 5.74) is -0.496. The summed E-state index contributed by atoms with van der Waals surface area (Å²) < 4.78 is 58.1.